The van der Waals surface area contributed by atoms with Gasteiger partial charge >= 0.3 is 0 Å². The van der Waals surface area contributed by atoms with Gasteiger partial charge in [-0.1, -0.05) is 0 Å². The molecule has 0 unspecified atom stereocenters. The lowest BCUT2D eigenvalue weighted by Crippen LogP contribution is -2.18. The van der Waals surface area contributed by atoms with Gasteiger partial charge in [0.2, 0.25) is 0 Å². The van der Waals surface area contributed by atoms with E-state index in [1.165, 1.54) is 12.1 Å². The first-order valence-corrected chi connectivity index (χ1v) is 7.71. The van der Waals surface area contributed by atoms with Crippen LogP contribution in [0.25, 0.3) is 22.3 Å². The largest absolute Gasteiger partial charge is 0.491 e. The number of benzene rings is 2. The highest BCUT2D eigenvalue weighted by Crippen LogP contribution is 2.35. The lowest BCUT2D eigenvalue weighted by Gasteiger charge is -2.09. The smallest absolute Gasteiger partial charge is 0.255 e. The van der Waals surface area contributed by atoms with Gasteiger partial charge in [0.25, 0.3) is 5.91 Å². The van der Waals surface area contributed by atoms with Gasteiger partial charge in [-0.2, -0.15) is 0 Å². The summed E-state index contributed by atoms with van der Waals surface area (Å²) in [4.78, 5) is 12.4. The fraction of sp³-hybridized carbons (Fsp3) is 0.211. The number of ether oxygens (including phenoxy) is 1. The van der Waals surface area contributed by atoms with Crippen molar-refractivity contribution in [2.45, 2.75) is 20.0 Å². The Kier molecular flexibility index (Phi) is 4.25. The maximum Gasteiger partial charge on any atom is 0.255 e. The summed E-state index contributed by atoms with van der Waals surface area (Å²) >= 11 is 0. The maximum atomic E-state index is 13.2. The summed E-state index contributed by atoms with van der Waals surface area (Å²) in [5, 5.41) is 3.29. The highest BCUT2D eigenvalue weighted by molar-refractivity contribution is 6.11. The first-order valence-electron chi connectivity index (χ1n) is 7.71. The minimum Gasteiger partial charge on any atom is -0.491 e. The van der Waals surface area contributed by atoms with Gasteiger partial charge in [0.05, 0.1) is 11.7 Å². The molecule has 2 aromatic carbocycles. The monoisotopic (exact) mass is 327 g/mol. The molecule has 0 fully saturated rings. The van der Waals surface area contributed by atoms with Gasteiger partial charge in [-0.25, -0.2) is 4.39 Å². The molecule has 0 radical (unpaired) electrons. The molecule has 0 aliphatic heterocycles. The van der Waals surface area contributed by atoms with E-state index in [4.69, 9.17) is 9.15 Å². The van der Waals surface area contributed by atoms with E-state index in [1.54, 1.807) is 37.4 Å². The summed E-state index contributed by atoms with van der Waals surface area (Å²) in [5.41, 5.74) is 1.62. The molecule has 0 atom stereocenters. The van der Waals surface area contributed by atoms with Crippen molar-refractivity contribution < 1.29 is 18.3 Å². The molecule has 1 N–H and O–H groups in total. The van der Waals surface area contributed by atoms with E-state index in [1.807, 2.05) is 13.8 Å². The molecule has 3 aromatic rings. The summed E-state index contributed by atoms with van der Waals surface area (Å²) < 4.78 is 24.7. The van der Waals surface area contributed by atoms with Crippen LogP contribution in [0.2, 0.25) is 0 Å². The highest BCUT2D eigenvalue weighted by Gasteiger charge is 2.22. The van der Waals surface area contributed by atoms with Crippen molar-refractivity contribution in [3.05, 3.63) is 53.8 Å². The Labute approximate surface area is 139 Å². The third-order valence-electron chi connectivity index (χ3n) is 3.59. The first kappa shape index (κ1) is 16.1. The molecule has 0 saturated heterocycles. The molecule has 3 rings (SSSR count). The number of amides is 1. The molecular weight excluding hydrogens is 309 g/mol. The van der Waals surface area contributed by atoms with Crippen LogP contribution in [-0.4, -0.2) is 19.1 Å². The second kappa shape index (κ2) is 6.35. The summed E-state index contributed by atoms with van der Waals surface area (Å²) in [7, 11) is 1.56. The molecule has 5 heteroatoms. The number of rotatable bonds is 4. The van der Waals surface area contributed by atoms with Gasteiger partial charge < -0.3 is 14.5 Å². The Bertz CT molecular complexity index is 882. The number of furan rings is 1. The van der Waals surface area contributed by atoms with Crippen LogP contribution in [0.4, 0.5) is 4.39 Å². The number of carbonyl (C=O) groups excluding carboxylic acids is 1. The minimum absolute atomic E-state index is 0.0226. The SMILES string of the molecule is CNC(=O)c1c(-c2ccc(F)cc2)oc2ccc(OC(C)C)cc12. The number of hydrogen-bond acceptors (Lipinski definition) is 3. The minimum atomic E-state index is -0.344. The standard InChI is InChI=1S/C19H18FNO3/c1-11(2)23-14-8-9-16-15(10-14)17(19(22)21-3)18(24-16)12-4-6-13(20)7-5-12/h4-11H,1-3H3,(H,21,22). The molecule has 1 amide bonds. The van der Waals surface area contributed by atoms with Gasteiger partial charge in [0.1, 0.15) is 22.9 Å². The van der Waals surface area contributed by atoms with Crippen LogP contribution in [-0.2, 0) is 0 Å². The van der Waals surface area contributed by atoms with E-state index in [-0.39, 0.29) is 17.8 Å². The van der Waals surface area contributed by atoms with Crippen molar-refractivity contribution in [1.29, 1.82) is 0 Å². The molecule has 0 aliphatic carbocycles. The number of hydrogen-bond donors (Lipinski definition) is 1. The van der Waals surface area contributed by atoms with Crippen LogP contribution in [0.15, 0.2) is 46.9 Å². The second-order valence-corrected chi connectivity index (χ2v) is 5.72. The summed E-state index contributed by atoms with van der Waals surface area (Å²) in [6, 6.07) is 11.2. The van der Waals surface area contributed by atoms with E-state index >= 15 is 0 Å². The summed E-state index contributed by atoms with van der Waals surface area (Å²) in [5.74, 6) is 0.457. The van der Waals surface area contributed by atoms with E-state index in [0.717, 1.165) is 0 Å². The second-order valence-electron chi connectivity index (χ2n) is 5.72. The third-order valence-corrected chi connectivity index (χ3v) is 3.59. The van der Waals surface area contributed by atoms with Crippen molar-refractivity contribution in [2.75, 3.05) is 7.05 Å². The zero-order chi connectivity index (χ0) is 17.3. The van der Waals surface area contributed by atoms with Crippen molar-refractivity contribution >= 4 is 16.9 Å². The van der Waals surface area contributed by atoms with Gasteiger partial charge in [-0.05, 0) is 56.3 Å². The van der Waals surface area contributed by atoms with Crippen LogP contribution in [0.1, 0.15) is 24.2 Å². The van der Waals surface area contributed by atoms with Crippen LogP contribution in [0, 0.1) is 5.82 Å². The number of halogens is 1. The topological polar surface area (TPSA) is 51.5 Å². The number of carbonyl (C=O) groups is 1. The zero-order valence-electron chi connectivity index (χ0n) is 13.7. The molecule has 24 heavy (non-hydrogen) atoms. The van der Waals surface area contributed by atoms with Gasteiger partial charge in [-0.3, -0.25) is 4.79 Å². The first-order chi connectivity index (χ1) is 11.5. The maximum absolute atomic E-state index is 13.2. The molecule has 1 aromatic heterocycles. The molecule has 1 heterocycles. The lowest BCUT2D eigenvalue weighted by molar-refractivity contribution is 0.0964. The Hall–Kier alpha value is -2.82. The summed E-state index contributed by atoms with van der Waals surface area (Å²) in [6.45, 7) is 3.87. The fourth-order valence-corrected chi connectivity index (χ4v) is 2.58. The Morgan fingerprint density at radius 2 is 1.88 bits per heavy atom. The van der Waals surface area contributed by atoms with Crippen LogP contribution in [0.5, 0.6) is 5.75 Å². The Balaban J connectivity index is 2.21. The van der Waals surface area contributed by atoms with E-state index < -0.39 is 0 Å². The summed E-state index contributed by atoms with van der Waals surface area (Å²) in [6.07, 6.45) is 0.0226. The molecule has 0 saturated carbocycles. The average Bonchev–Trinajstić information content (AvgIpc) is 2.93. The van der Waals surface area contributed by atoms with Crippen molar-refractivity contribution in [2.24, 2.45) is 0 Å². The Morgan fingerprint density at radius 3 is 2.50 bits per heavy atom. The van der Waals surface area contributed by atoms with Crippen molar-refractivity contribution in [1.82, 2.24) is 5.32 Å². The predicted octanol–water partition coefficient (Wildman–Crippen LogP) is 4.39. The molecule has 0 bridgehead atoms. The van der Waals surface area contributed by atoms with E-state index in [9.17, 15) is 9.18 Å². The lowest BCUT2D eigenvalue weighted by atomic mass is 10.0. The normalized spacial score (nSPS) is 11.0. The van der Waals surface area contributed by atoms with E-state index in [2.05, 4.69) is 5.32 Å². The highest BCUT2D eigenvalue weighted by atomic mass is 19.1. The van der Waals surface area contributed by atoms with Crippen molar-refractivity contribution in [3.8, 4) is 17.1 Å². The van der Waals surface area contributed by atoms with Crippen LogP contribution < -0.4 is 10.1 Å². The third kappa shape index (κ3) is 2.97. The van der Waals surface area contributed by atoms with Crippen molar-refractivity contribution in [3.63, 3.8) is 0 Å². The quantitative estimate of drug-likeness (QED) is 0.773. The predicted molar refractivity (Wildman–Crippen MR) is 90.8 cm³/mol. The van der Waals surface area contributed by atoms with Gasteiger partial charge in [0, 0.05) is 18.0 Å². The fourth-order valence-electron chi connectivity index (χ4n) is 2.58. The van der Waals surface area contributed by atoms with Gasteiger partial charge in [0.15, 0.2) is 0 Å². The average molecular weight is 327 g/mol. The van der Waals surface area contributed by atoms with Crippen LogP contribution in [0.3, 0.4) is 0 Å². The number of nitrogens with one attached hydrogen (secondary N) is 1. The zero-order valence-corrected chi connectivity index (χ0v) is 13.7. The molecule has 4 nitrogen and oxygen atoms in total. The van der Waals surface area contributed by atoms with Gasteiger partial charge in [-0.15, -0.1) is 0 Å². The van der Waals surface area contributed by atoms with Crippen LogP contribution >= 0.6 is 0 Å². The molecule has 0 spiro atoms. The molecule has 0 aliphatic rings. The number of fused-ring (bicyclic) bond motifs is 1. The molecular formula is C19H18FNO3. The Morgan fingerprint density at radius 1 is 1.17 bits per heavy atom. The van der Waals surface area contributed by atoms with E-state index in [0.29, 0.717) is 33.6 Å². The molecule has 124 valence electrons.